The van der Waals surface area contributed by atoms with E-state index in [-0.39, 0.29) is 0 Å². The Morgan fingerprint density at radius 2 is 1.96 bits per heavy atom. The molecule has 0 spiro atoms. The van der Waals surface area contributed by atoms with Crippen LogP contribution in [0.15, 0.2) is 18.2 Å². The largest absolute Gasteiger partial charge is 0.378 e. The van der Waals surface area contributed by atoms with Crippen LogP contribution in [0.4, 0.5) is 10.8 Å². The van der Waals surface area contributed by atoms with E-state index in [2.05, 4.69) is 27.7 Å². The topological polar surface area (TPSA) is 63.1 Å². The first-order valence-corrected chi connectivity index (χ1v) is 10.7. The van der Waals surface area contributed by atoms with Crippen LogP contribution < -0.4 is 20.4 Å². The van der Waals surface area contributed by atoms with Crippen LogP contribution in [0.5, 0.6) is 0 Å². The predicted molar refractivity (Wildman–Crippen MR) is 113 cm³/mol. The van der Waals surface area contributed by atoms with Crippen molar-refractivity contribution in [2.75, 3.05) is 75.9 Å². The molecule has 2 aliphatic rings. The zero-order valence-electron chi connectivity index (χ0n) is 15.3. The molecule has 2 fully saturated rings. The van der Waals surface area contributed by atoms with Crippen molar-refractivity contribution in [3.8, 4) is 0 Å². The first-order valence-electron chi connectivity index (χ1n) is 9.47. The Bertz CT molecular complexity index is 772. The number of fused-ring (bicyclic) bond motifs is 1. The molecule has 0 amide bonds. The van der Waals surface area contributed by atoms with Crippen LogP contribution in [0.2, 0.25) is 0 Å². The summed E-state index contributed by atoms with van der Waals surface area (Å²) in [6.45, 7) is 9.16. The van der Waals surface area contributed by atoms with E-state index in [1.807, 2.05) is 6.07 Å². The molecule has 3 N–H and O–H groups in total. The van der Waals surface area contributed by atoms with Crippen LogP contribution in [-0.2, 0) is 9.47 Å². The van der Waals surface area contributed by atoms with Gasteiger partial charge in [-0.1, -0.05) is 11.3 Å². The summed E-state index contributed by atoms with van der Waals surface area (Å²) >= 11 is 7.16. The van der Waals surface area contributed by atoms with Crippen molar-refractivity contribution in [2.45, 2.75) is 0 Å². The summed E-state index contributed by atoms with van der Waals surface area (Å²) in [4.78, 5) is 8.62. The molecule has 146 valence electrons. The summed E-state index contributed by atoms with van der Waals surface area (Å²) in [5, 5.41) is 8.34. The minimum absolute atomic E-state index is 0.667. The highest BCUT2D eigenvalue weighted by Crippen LogP contribution is 2.31. The molecule has 0 bridgehead atoms. The van der Waals surface area contributed by atoms with Crippen molar-refractivity contribution in [3.05, 3.63) is 18.2 Å². The zero-order valence-corrected chi connectivity index (χ0v) is 17.0. The molecular weight excluding hydrogens is 382 g/mol. The van der Waals surface area contributed by atoms with E-state index in [9.17, 15) is 0 Å². The van der Waals surface area contributed by atoms with E-state index >= 15 is 0 Å². The Balaban J connectivity index is 1.30. The van der Waals surface area contributed by atoms with Crippen LogP contribution in [-0.4, -0.2) is 75.8 Å². The van der Waals surface area contributed by atoms with E-state index in [1.165, 1.54) is 4.70 Å². The van der Waals surface area contributed by atoms with Gasteiger partial charge in [0, 0.05) is 18.8 Å². The van der Waals surface area contributed by atoms with Crippen LogP contribution in [0.1, 0.15) is 0 Å². The number of nitrogens with one attached hydrogen (secondary N) is 3. The lowest BCUT2D eigenvalue weighted by atomic mass is 10.3. The van der Waals surface area contributed by atoms with E-state index in [1.54, 1.807) is 16.2 Å². The smallest absolute Gasteiger partial charge is 0.186 e. The lowest BCUT2D eigenvalue weighted by Gasteiger charge is -2.25. The van der Waals surface area contributed by atoms with Gasteiger partial charge in [-0.05, 0) is 30.4 Å². The number of thiazole rings is 1. The Morgan fingerprint density at radius 1 is 1.19 bits per heavy atom. The van der Waals surface area contributed by atoms with Gasteiger partial charge in [0.15, 0.2) is 10.2 Å². The predicted octanol–water partition coefficient (Wildman–Crippen LogP) is 0.334. The highest BCUT2D eigenvalue weighted by molar-refractivity contribution is 7.80. The van der Waals surface area contributed by atoms with Crippen molar-refractivity contribution in [2.24, 2.45) is 0 Å². The van der Waals surface area contributed by atoms with Gasteiger partial charge in [0.2, 0.25) is 0 Å². The van der Waals surface area contributed by atoms with E-state index in [0.717, 1.165) is 82.0 Å². The molecule has 2 aromatic rings. The summed E-state index contributed by atoms with van der Waals surface area (Å²) in [6.07, 6.45) is 0. The maximum absolute atomic E-state index is 5.44. The number of ether oxygens (including phenoxy) is 2. The highest BCUT2D eigenvalue weighted by atomic mass is 32.1. The molecule has 2 saturated heterocycles. The average Bonchev–Trinajstić information content (AvgIpc) is 3.13. The lowest BCUT2D eigenvalue weighted by Crippen LogP contribution is -3.14. The number of morpholine rings is 2. The fraction of sp³-hybridized carbons (Fsp3) is 0.556. The average molecular weight is 409 g/mol. The molecular formula is C18H26N5O2S2+. The normalized spacial score (nSPS) is 18.6. The molecule has 0 aliphatic carbocycles. The van der Waals surface area contributed by atoms with Crippen molar-refractivity contribution >= 4 is 49.7 Å². The molecule has 4 rings (SSSR count). The van der Waals surface area contributed by atoms with Gasteiger partial charge in [-0.2, -0.15) is 0 Å². The Kier molecular flexibility index (Phi) is 6.36. The molecule has 0 saturated carbocycles. The van der Waals surface area contributed by atoms with Gasteiger partial charge in [-0.15, -0.1) is 0 Å². The van der Waals surface area contributed by atoms with Gasteiger partial charge in [-0.25, -0.2) is 4.98 Å². The summed E-state index contributed by atoms with van der Waals surface area (Å²) in [6, 6.07) is 6.21. The third kappa shape index (κ3) is 5.05. The summed E-state index contributed by atoms with van der Waals surface area (Å²) in [7, 11) is 0. The fourth-order valence-corrected chi connectivity index (χ4v) is 4.59. The molecule has 27 heavy (non-hydrogen) atoms. The first kappa shape index (κ1) is 18.8. The van der Waals surface area contributed by atoms with Crippen molar-refractivity contribution in [3.63, 3.8) is 0 Å². The number of hydrogen-bond acceptors (Lipinski definition) is 6. The molecule has 0 unspecified atom stereocenters. The van der Waals surface area contributed by atoms with Crippen LogP contribution in [0.3, 0.4) is 0 Å². The molecule has 1 aromatic heterocycles. The fourth-order valence-electron chi connectivity index (χ4n) is 3.32. The summed E-state index contributed by atoms with van der Waals surface area (Å²) in [5.41, 5.74) is 2.03. The van der Waals surface area contributed by atoms with Crippen LogP contribution in [0.25, 0.3) is 10.2 Å². The molecule has 7 nitrogen and oxygen atoms in total. The second-order valence-corrected chi connectivity index (χ2v) is 8.19. The molecule has 1 aromatic carbocycles. The number of hydrogen-bond donors (Lipinski definition) is 3. The first-order chi connectivity index (χ1) is 13.3. The number of nitrogens with zero attached hydrogens (tertiary/aromatic N) is 2. The lowest BCUT2D eigenvalue weighted by molar-refractivity contribution is -0.906. The number of aromatic nitrogens is 1. The quantitative estimate of drug-likeness (QED) is 0.617. The van der Waals surface area contributed by atoms with Gasteiger partial charge in [0.25, 0.3) is 0 Å². The minimum Gasteiger partial charge on any atom is -0.378 e. The van der Waals surface area contributed by atoms with Crippen molar-refractivity contribution in [1.29, 1.82) is 0 Å². The van der Waals surface area contributed by atoms with E-state index in [0.29, 0.717) is 5.11 Å². The molecule has 9 heteroatoms. The molecule has 0 radical (unpaired) electrons. The standard InChI is InChI=1S/C18H25N5O2S2/c26-17(19-3-4-22-5-9-24-10-6-22)20-14-1-2-15-16(13-14)27-18(21-15)23-7-11-25-12-8-23/h1-2,13H,3-12H2,(H2,19,20,26)/p+1. The summed E-state index contributed by atoms with van der Waals surface area (Å²) in [5.74, 6) is 0. The van der Waals surface area contributed by atoms with Gasteiger partial charge in [0.05, 0.1) is 49.7 Å². The van der Waals surface area contributed by atoms with Gasteiger partial charge in [0.1, 0.15) is 13.1 Å². The van der Waals surface area contributed by atoms with Crippen molar-refractivity contribution < 1.29 is 14.4 Å². The monoisotopic (exact) mass is 408 g/mol. The number of rotatable bonds is 5. The Hall–Kier alpha value is -1.52. The van der Waals surface area contributed by atoms with Crippen molar-refractivity contribution in [1.82, 2.24) is 10.3 Å². The number of benzene rings is 1. The maximum atomic E-state index is 5.44. The zero-order chi connectivity index (χ0) is 18.5. The number of anilines is 2. The third-order valence-electron chi connectivity index (χ3n) is 4.88. The minimum atomic E-state index is 0.667. The molecule has 2 aliphatic heterocycles. The van der Waals surface area contributed by atoms with Gasteiger partial charge < -0.3 is 29.9 Å². The van der Waals surface area contributed by atoms with Gasteiger partial charge >= 0.3 is 0 Å². The molecule has 3 heterocycles. The van der Waals surface area contributed by atoms with Crippen LogP contribution >= 0.6 is 23.6 Å². The Morgan fingerprint density at radius 3 is 2.78 bits per heavy atom. The third-order valence-corrected chi connectivity index (χ3v) is 6.21. The highest BCUT2D eigenvalue weighted by Gasteiger charge is 2.16. The number of quaternary nitrogens is 1. The Labute approximate surface area is 168 Å². The van der Waals surface area contributed by atoms with E-state index < -0.39 is 0 Å². The summed E-state index contributed by atoms with van der Waals surface area (Å²) < 4.78 is 12.0. The van der Waals surface area contributed by atoms with Crippen LogP contribution in [0, 0.1) is 0 Å². The second kappa shape index (κ2) is 9.11. The van der Waals surface area contributed by atoms with Gasteiger partial charge in [-0.3, -0.25) is 0 Å². The molecule has 0 atom stereocenters. The number of thiocarbonyl (C=S) groups is 1. The maximum Gasteiger partial charge on any atom is 0.186 e. The second-order valence-electron chi connectivity index (χ2n) is 6.77. The van der Waals surface area contributed by atoms with E-state index in [4.69, 9.17) is 26.7 Å². The SMILES string of the molecule is S=C(NCC[NH+]1CCOCC1)Nc1ccc2nc(N3CCOCC3)sc2c1.